The van der Waals surface area contributed by atoms with Crippen LogP contribution >= 0.6 is 0 Å². The molecule has 0 aliphatic rings. The lowest BCUT2D eigenvalue weighted by atomic mass is 10.0. The highest BCUT2D eigenvalue weighted by Gasteiger charge is 2.16. The van der Waals surface area contributed by atoms with Gasteiger partial charge in [-0.05, 0) is 69.3 Å². The van der Waals surface area contributed by atoms with Crippen LogP contribution in [0.15, 0.2) is 109 Å². The van der Waals surface area contributed by atoms with Crippen molar-refractivity contribution in [2.45, 2.75) is 20.8 Å². The molecule has 162 valence electrons. The summed E-state index contributed by atoms with van der Waals surface area (Å²) in [6.45, 7) is 6.36. The van der Waals surface area contributed by atoms with Crippen LogP contribution in [0.25, 0.3) is 10.8 Å². The summed E-state index contributed by atoms with van der Waals surface area (Å²) in [5, 5.41) is 6.01. The average molecular weight is 429 g/mol. The minimum atomic E-state index is 1.09. The van der Waals surface area contributed by atoms with Crippen LogP contribution in [-0.2, 0) is 0 Å². The Labute approximate surface area is 196 Å². The zero-order valence-corrected chi connectivity index (χ0v) is 19.3. The van der Waals surface area contributed by atoms with E-state index >= 15 is 0 Å². The quantitative estimate of drug-likeness (QED) is 0.300. The van der Waals surface area contributed by atoms with Crippen LogP contribution in [0, 0.1) is 20.8 Å². The Bertz CT molecular complexity index is 1340. The third-order valence-electron chi connectivity index (χ3n) is 6.06. The summed E-state index contributed by atoms with van der Waals surface area (Å²) in [7, 11) is 0. The highest BCUT2D eigenvalue weighted by molar-refractivity contribution is 6.05. The second kappa shape index (κ2) is 8.84. The van der Waals surface area contributed by atoms with Crippen LogP contribution in [0.5, 0.6) is 0 Å². The lowest BCUT2D eigenvalue weighted by Gasteiger charge is -2.27. The number of benzene rings is 5. The normalized spacial score (nSPS) is 10.9. The summed E-state index contributed by atoms with van der Waals surface area (Å²) in [6, 6.07) is 39.0. The molecule has 0 fully saturated rings. The summed E-state index contributed by atoms with van der Waals surface area (Å²) in [5.41, 5.74) is 9.41. The van der Waals surface area contributed by atoms with Crippen molar-refractivity contribution < 1.29 is 0 Å². The molecular formula is C31H28N2. The van der Waals surface area contributed by atoms with Gasteiger partial charge in [0.1, 0.15) is 0 Å². The Morgan fingerprint density at radius 1 is 0.485 bits per heavy atom. The van der Waals surface area contributed by atoms with Gasteiger partial charge in [-0.1, -0.05) is 77.4 Å². The molecule has 0 bridgehead atoms. The molecule has 0 radical (unpaired) electrons. The molecule has 5 aromatic carbocycles. The van der Waals surface area contributed by atoms with Gasteiger partial charge in [-0.15, -0.1) is 0 Å². The van der Waals surface area contributed by atoms with Gasteiger partial charge in [0, 0.05) is 33.5 Å². The predicted molar refractivity (Wildman–Crippen MR) is 143 cm³/mol. The summed E-state index contributed by atoms with van der Waals surface area (Å²) >= 11 is 0. The topological polar surface area (TPSA) is 15.3 Å². The first-order valence-corrected chi connectivity index (χ1v) is 11.4. The highest BCUT2D eigenvalue weighted by Crippen LogP contribution is 2.41. The Morgan fingerprint density at radius 2 is 0.970 bits per heavy atom. The molecule has 0 aromatic heterocycles. The van der Waals surface area contributed by atoms with E-state index in [2.05, 4.69) is 140 Å². The molecule has 1 N–H and O–H groups in total. The van der Waals surface area contributed by atoms with E-state index in [1.807, 2.05) is 0 Å². The van der Waals surface area contributed by atoms with Gasteiger partial charge in [0.25, 0.3) is 0 Å². The molecule has 0 saturated heterocycles. The maximum Gasteiger partial charge on any atom is 0.0541 e. The molecule has 0 aliphatic carbocycles. The molecule has 0 heterocycles. The number of rotatable bonds is 5. The molecule has 2 heteroatoms. The third kappa shape index (κ3) is 4.33. The summed E-state index contributed by atoms with van der Waals surface area (Å²) in [6.07, 6.45) is 0. The summed E-state index contributed by atoms with van der Waals surface area (Å²) in [4.78, 5) is 2.34. The van der Waals surface area contributed by atoms with Gasteiger partial charge >= 0.3 is 0 Å². The van der Waals surface area contributed by atoms with Gasteiger partial charge in [-0.2, -0.15) is 0 Å². The lowest BCUT2D eigenvalue weighted by molar-refractivity contribution is 1.28. The Balaban J connectivity index is 1.66. The van der Waals surface area contributed by atoms with Crippen LogP contribution in [0.1, 0.15) is 16.7 Å². The molecule has 0 unspecified atom stereocenters. The van der Waals surface area contributed by atoms with Crippen LogP contribution < -0.4 is 10.2 Å². The van der Waals surface area contributed by atoms with Crippen molar-refractivity contribution in [3.8, 4) is 0 Å². The van der Waals surface area contributed by atoms with Crippen molar-refractivity contribution in [2.24, 2.45) is 0 Å². The van der Waals surface area contributed by atoms with Gasteiger partial charge in [0.2, 0.25) is 0 Å². The van der Waals surface area contributed by atoms with Crippen LogP contribution in [0.2, 0.25) is 0 Å². The van der Waals surface area contributed by atoms with Gasteiger partial charge in [-0.25, -0.2) is 0 Å². The van der Waals surface area contributed by atoms with Crippen molar-refractivity contribution >= 4 is 39.2 Å². The van der Waals surface area contributed by atoms with E-state index in [-0.39, 0.29) is 0 Å². The van der Waals surface area contributed by atoms with E-state index < -0.39 is 0 Å². The minimum absolute atomic E-state index is 1.09. The monoisotopic (exact) mass is 428 g/mol. The lowest BCUT2D eigenvalue weighted by Crippen LogP contribution is -2.10. The molecule has 5 rings (SSSR count). The zero-order valence-electron chi connectivity index (χ0n) is 19.3. The van der Waals surface area contributed by atoms with Crippen molar-refractivity contribution in [3.05, 3.63) is 126 Å². The van der Waals surface area contributed by atoms with Gasteiger partial charge in [0.05, 0.1) is 5.69 Å². The first-order valence-electron chi connectivity index (χ1n) is 11.4. The van der Waals surface area contributed by atoms with E-state index in [0.717, 1.165) is 28.4 Å². The van der Waals surface area contributed by atoms with Crippen LogP contribution in [-0.4, -0.2) is 0 Å². The second-order valence-corrected chi connectivity index (χ2v) is 8.68. The molecule has 2 nitrogen and oxygen atoms in total. The van der Waals surface area contributed by atoms with Crippen LogP contribution in [0.3, 0.4) is 0 Å². The first-order chi connectivity index (χ1) is 16.1. The highest BCUT2D eigenvalue weighted by atomic mass is 15.1. The predicted octanol–water partition coefficient (Wildman–Crippen LogP) is 8.98. The smallest absolute Gasteiger partial charge is 0.0541 e. The molecule has 0 atom stereocenters. The second-order valence-electron chi connectivity index (χ2n) is 8.68. The standard InChI is InChI=1S/C31H28N2/c1-22-8-14-25(15-9-22)32-30-20-21-31(29-7-5-4-6-28(29)30)33(26-16-10-23(2)11-17-26)27-18-12-24(3)13-19-27/h4-21,32H,1-3H3. The maximum atomic E-state index is 3.62. The largest absolute Gasteiger partial charge is 0.355 e. The number of hydrogen-bond acceptors (Lipinski definition) is 2. The molecule has 0 spiro atoms. The molecule has 0 amide bonds. The zero-order chi connectivity index (χ0) is 22.8. The number of anilines is 5. The van der Waals surface area contributed by atoms with Gasteiger partial charge < -0.3 is 10.2 Å². The molecule has 5 aromatic rings. The Hall–Kier alpha value is -4.04. The molecule has 33 heavy (non-hydrogen) atoms. The fourth-order valence-electron chi connectivity index (χ4n) is 4.19. The fourth-order valence-corrected chi connectivity index (χ4v) is 4.19. The van der Waals surface area contributed by atoms with Crippen molar-refractivity contribution in [2.75, 3.05) is 10.2 Å². The average Bonchev–Trinajstić information content (AvgIpc) is 2.84. The molecule has 0 aliphatic heterocycles. The Morgan fingerprint density at radius 3 is 1.52 bits per heavy atom. The van der Waals surface area contributed by atoms with E-state index in [1.54, 1.807) is 0 Å². The number of nitrogens with one attached hydrogen (secondary N) is 1. The summed E-state index contributed by atoms with van der Waals surface area (Å²) < 4.78 is 0. The van der Waals surface area contributed by atoms with E-state index in [9.17, 15) is 0 Å². The van der Waals surface area contributed by atoms with Crippen molar-refractivity contribution in [3.63, 3.8) is 0 Å². The van der Waals surface area contributed by atoms with E-state index in [1.165, 1.54) is 27.5 Å². The van der Waals surface area contributed by atoms with Gasteiger partial charge in [0.15, 0.2) is 0 Å². The van der Waals surface area contributed by atoms with Gasteiger partial charge in [-0.3, -0.25) is 0 Å². The number of fused-ring (bicyclic) bond motifs is 1. The van der Waals surface area contributed by atoms with Crippen LogP contribution in [0.4, 0.5) is 28.4 Å². The molecular weight excluding hydrogens is 400 g/mol. The molecule has 0 saturated carbocycles. The maximum absolute atomic E-state index is 3.62. The Kier molecular flexibility index (Phi) is 5.58. The number of aryl methyl sites for hydroxylation is 3. The fraction of sp³-hybridized carbons (Fsp3) is 0.0968. The van der Waals surface area contributed by atoms with Crippen molar-refractivity contribution in [1.29, 1.82) is 0 Å². The minimum Gasteiger partial charge on any atom is -0.355 e. The third-order valence-corrected chi connectivity index (χ3v) is 6.06. The number of nitrogens with zero attached hydrogens (tertiary/aromatic N) is 1. The van der Waals surface area contributed by atoms with Crippen molar-refractivity contribution in [1.82, 2.24) is 0 Å². The SMILES string of the molecule is Cc1ccc(Nc2ccc(N(c3ccc(C)cc3)c3ccc(C)cc3)c3ccccc23)cc1. The number of hydrogen-bond donors (Lipinski definition) is 1. The first kappa shape index (κ1) is 20.8. The van der Waals surface area contributed by atoms with E-state index in [4.69, 9.17) is 0 Å². The summed E-state index contributed by atoms with van der Waals surface area (Å²) in [5.74, 6) is 0. The van der Waals surface area contributed by atoms with E-state index in [0.29, 0.717) is 0 Å².